The monoisotopic (exact) mass is 356 g/mol. The van der Waals surface area contributed by atoms with Gasteiger partial charge in [-0.2, -0.15) is 0 Å². The molecule has 1 aliphatic rings. The summed E-state index contributed by atoms with van der Waals surface area (Å²) in [5.41, 5.74) is 2.02. The third-order valence-electron chi connectivity index (χ3n) is 4.34. The molecule has 6 heteroatoms. The fourth-order valence-corrected chi connectivity index (χ4v) is 3.82. The topological polar surface area (TPSA) is 79.3 Å². The number of thiazole rings is 1. The van der Waals surface area contributed by atoms with Gasteiger partial charge in [-0.15, -0.1) is 11.3 Å². The first-order valence-corrected chi connectivity index (χ1v) is 9.18. The van der Waals surface area contributed by atoms with Gasteiger partial charge < -0.3 is 10.4 Å². The fourth-order valence-electron chi connectivity index (χ4n) is 2.96. The van der Waals surface area contributed by atoms with Crippen molar-refractivity contribution in [2.75, 3.05) is 6.54 Å². The molecule has 2 atom stereocenters. The van der Waals surface area contributed by atoms with Crippen molar-refractivity contribution in [3.05, 3.63) is 53.6 Å². The third-order valence-corrected chi connectivity index (χ3v) is 5.28. The van der Waals surface area contributed by atoms with E-state index in [-0.39, 0.29) is 5.91 Å². The van der Waals surface area contributed by atoms with E-state index in [1.54, 1.807) is 11.3 Å². The van der Waals surface area contributed by atoms with Gasteiger partial charge in [-0.25, -0.2) is 4.98 Å². The van der Waals surface area contributed by atoms with E-state index in [0.717, 1.165) is 16.3 Å². The summed E-state index contributed by atoms with van der Waals surface area (Å²) in [4.78, 5) is 28.2. The highest BCUT2D eigenvalue weighted by atomic mass is 32.1. The minimum atomic E-state index is -0.906. The number of carbonyl (C=O) groups is 2. The van der Waals surface area contributed by atoms with Crippen LogP contribution in [0.4, 0.5) is 0 Å². The van der Waals surface area contributed by atoms with Crippen LogP contribution in [0.2, 0.25) is 0 Å². The maximum Gasteiger partial charge on any atom is 0.307 e. The zero-order chi connectivity index (χ0) is 17.6. The molecule has 1 aromatic heterocycles. The minimum absolute atomic E-state index is 0.185. The Morgan fingerprint density at radius 3 is 2.60 bits per heavy atom. The molecule has 0 saturated carbocycles. The van der Waals surface area contributed by atoms with Crippen LogP contribution in [0.3, 0.4) is 0 Å². The molecule has 0 spiro atoms. The number of nitrogens with one attached hydrogen (secondary N) is 1. The summed E-state index contributed by atoms with van der Waals surface area (Å²) in [5.74, 6) is -2.21. The molecular weight excluding hydrogens is 336 g/mol. The van der Waals surface area contributed by atoms with Crippen molar-refractivity contribution in [2.24, 2.45) is 11.8 Å². The molecule has 1 amide bonds. The normalized spacial score (nSPS) is 19.5. The molecule has 0 radical (unpaired) electrons. The summed E-state index contributed by atoms with van der Waals surface area (Å²) in [5, 5.41) is 15.1. The molecular formula is C19H20N2O3S. The van der Waals surface area contributed by atoms with Gasteiger partial charge in [0.2, 0.25) is 5.91 Å². The molecule has 130 valence electrons. The maximum absolute atomic E-state index is 12.3. The number of nitrogens with zero attached hydrogens (tertiary/aromatic N) is 1. The van der Waals surface area contributed by atoms with E-state index >= 15 is 0 Å². The average molecular weight is 356 g/mol. The second kappa shape index (κ2) is 8.07. The van der Waals surface area contributed by atoms with E-state index in [9.17, 15) is 14.7 Å². The van der Waals surface area contributed by atoms with Crippen LogP contribution in [-0.4, -0.2) is 28.5 Å². The summed E-state index contributed by atoms with van der Waals surface area (Å²) in [6.45, 7) is 0.462. The molecule has 0 aliphatic heterocycles. The summed E-state index contributed by atoms with van der Waals surface area (Å²) in [7, 11) is 0. The Balaban J connectivity index is 1.53. The van der Waals surface area contributed by atoms with Crippen molar-refractivity contribution < 1.29 is 14.7 Å². The van der Waals surface area contributed by atoms with E-state index < -0.39 is 17.8 Å². The highest BCUT2D eigenvalue weighted by Gasteiger charge is 2.33. The van der Waals surface area contributed by atoms with Crippen LogP contribution in [-0.2, 0) is 16.0 Å². The van der Waals surface area contributed by atoms with E-state index in [4.69, 9.17) is 0 Å². The maximum atomic E-state index is 12.3. The Bertz CT molecular complexity index is 770. The summed E-state index contributed by atoms with van der Waals surface area (Å²) >= 11 is 1.58. The van der Waals surface area contributed by atoms with Gasteiger partial charge in [0.1, 0.15) is 5.01 Å². The second-order valence-corrected chi connectivity index (χ2v) is 6.90. The second-order valence-electron chi connectivity index (χ2n) is 6.05. The van der Waals surface area contributed by atoms with Crippen molar-refractivity contribution in [1.82, 2.24) is 10.3 Å². The highest BCUT2D eigenvalue weighted by Crippen LogP contribution is 2.26. The van der Waals surface area contributed by atoms with E-state index in [1.165, 1.54) is 0 Å². The molecule has 5 nitrogen and oxygen atoms in total. The number of rotatable bonds is 6. The average Bonchev–Trinajstić information content (AvgIpc) is 3.11. The molecule has 0 bridgehead atoms. The van der Waals surface area contributed by atoms with Crippen molar-refractivity contribution in [2.45, 2.75) is 19.3 Å². The largest absolute Gasteiger partial charge is 0.481 e. The number of hydrogen-bond donors (Lipinski definition) is 2. The zero-order valence-corrected chi connectivity index (χ0v) is 14.5. The lowest BCUT2D eigenvalue weighted by Crippen LogP contribution is -2.39. The van der Waals surface area contributed by atoms with E-state index in [1.807, 2.05) is 47.9 Å². The van der Waals surface area contributed by atoms with E-state index in [0.29, 0.717) is 25.8 Å². The first kappa shape index (κ1) is 17.4. The molecule has 2 aromatic rings. The van der Waals surface area contributed by atoms with Crippen molar-refractivity contribution >= 4 is 23.2 Å². The Kier molecular flexibility index (Phi) is 5.60. The van der Waals surface area contributed by atoms with Crippen molar-refractivity contribution in [3.8, 4) is 10.6 Å². The molecule has 3 rings (SSSR count). The number of aliphatic carboxylic acids is 1. The van der Waals surface area contributed by atoms with Crippen LogP contribution in [0.5, 0.6) is 0 Å². The van der Waals surface area contributed by atoms with Crippen LogP contribution in [0.25, 0.3) is 10.6 Å². The molecule has 0 saturated heterocycles. The standard InChI is InChI=1S/C19H20N2O3S/c22-17(15-8-4-5-9-16(15)19(23)24)20-11-10-14-12-25-18(21-14)13-6-2-1-3-7-13/h1-7,12,15-16H,8-11H2,(H,20,22)(H,23,24)/t15-,16+/m0/s1. The van der Waals surface area contributed by atoms with Crippen LogP contribution < -0.4 is 5.32 Å². The van der Waals surface area contributed by atoms with Crippen molar-refractivity contribution in [3.63, 3.8) is 0 Å². The van der Waals surface area contributed by atoms with Crippen LogP contribution in [0.15, 0.2) is 47.9 Å². The SMILES string of the molecule is O=C(NCCc1csc(-c2ccccc2)n1)[C@H]1CC=CC[C@H]1C(=O)O. The molecule has 1 heterocycles. The number of hydrogen-bond acceptors (Lipinski definition) is 4. The summed E-state index contributed by atoms with van der Waals surface area (Å²) in [6, 6.07) is 9.97. The van der Waals surface area contributed by atoms with Crippen LogP contribution in [0.1, 0.15) is 18.5 Å². The summed E-state index contributed by atoms with van der Waals surface area (Å²) in [6.07, 6.45) is 5.26. The number of allylic oxidation sites excluding steroid dienone is 2. The molecule has 0 fully saturated rings. The first-order valence-electron chi connectivity index (χ1n) is 8.30. The van der Waals surface area contributed by atoms with Crippen LogP contribution >= 0.6 is 11.3 Å². The predicted octanol–water partition coefficient (Wildman–Crippen LogP) is 3.14. The summed E-state index contributed by atoms with van der Waals surface area (Å²) < 4.78 is 0. The number of carbonyl (C=O) groups excluding carboxylic acids is 1. The molecule has 25 heavy (non-hydrogen) atoms. The van der Waals surface area contributed by atoms with Gasteiger partial charge >= 0.3 is 5.97 Å². The van der Waals surface area contributed by atoms with Crippen LogP contribution in [0, 0.1) is 11.8 Å². The Morgan fingerprint density at radius 1 is 1.16 bits per heavy atom. The highest BCUT2D eigenvalue weighted by molar-refractivity contribution is 7.13. The Morgan fingerprint density at radius 2 is 1.88 bits per heavy atom. The van der Waals surface area contributed by atoms with Gasteiger partial charge in [-0.3, -0.25) is 9.59 Å². The van der Waals surface area contributed by atoms with Gasteiger partial charge in [0.15, 0.2) is 0 Å². The van der Waals surface area contributed by atoms with Gasteiger partial charge in [0, 0.05) is 23.9 Å². The number of carboxylic acid groups (broad SMARTS) is 1. The quantitative estimate of drug-likeness (QED) is 0.780. The molecule has 1 aliphatic carbocycles. The van der Waals surface area contributed by atoms with Crippen molar-refractivity contribution in [1.29, 1.82) is 0 Å². The lowest BCUT2D eigenvalue weighted by molar-refractivity contribution is -0.147. The Labute approximate surface area is 150 Å². The molecule has 0 unspecified atom stereocenters. The van der Waals surface area contributed by atoms with Gasteiger partial charge in [-0.1, -0.05) is 42.5 Å². The fraction of sp³-hybridized carbons (Fsp3) is 0.316. The number of carboxylic acids is 1. The smallest absolute Gasteiger partial charge is 0.307 e. The zero-order valence-electron chi connectivity index (χ0n) is 13.7. The Hall–Kier alpha value is -2.47. The number of aromatic nitrogens is 1. The van der Waals surface area contributed by atoms with Gasteiger partial charge in [-0.05, 0) is 12.8 Å². The molecule has 2 N–H and O–H groups in total. The number of amides is 1. The number of benzene rings is 1. The van der Waals surface area contributed by atoms with Gasteiger partial charge in [0.25, 0.3) is 0 Å². The lowest BCUT2D eigenvalue weighted by Gasteiger charge is -2.24. The minimum Gasteiger partial charge on any atom is -0.481 e. The molecule has 1 aromatic carbocycles. The lowest BCUT2D eigenvalue weighted by atomic mass is 9.82. The predicted molar refractivity (Wildman–Crippen MR) is 97.3 cm³/mol. The third kappa shape index (κ3) is 4.33. The van der Waals surface area contributed by atoms with Gasteiger partial charge in [0.05, 0.1) is 17.5 Å². The van der Waals surface area contributed by atoms with E-state index in [2.05, 4.69) is 10.3 Å². The first-order chi connectivity index (χ1) is 12.1.